The van der Waals surface area contributed by atoms with E-state index < -0.39 is 5.97 Å². The highest BCUT2D eigenvalue weighted by Gasteiger charge is 2.07. The number of amides is 1. The molecule has 0 saturated carbocycles. The zero-order valence-corrected chi connectivity index (χ0v) is 11.8. The number of aliphatic carboxylic acids is 1. The lowest BCUT2D eigenvalue weighted by molar-refractivity contribution is -0.136. The maximum absolute atomic E-state index is 11.4. The minimum atomic E-state index is -0.835. The molecule has 0 aliphatic rings. The van der Waals surface area contributed by atoms with Gasteiger partial charge in [0.05, 0.1) is 12.2 Å². The Morgan fingerprint density at radius 1 is 1.26 bits per heavy atom. The smallest absolute Gasteiger partial charge is 0.307 e. The Hall–Kier alpha value is -1.49. The van der Waals surface area contributed by atoms with E-state index >= 15 is 0 Å². The quantitative estimate of drug-likeness (QED) is 0.765. The maximum Gasteiger partial charge on any atom is 0.307 e. The van der Waals surface area contributed by atoms with Crippen LogP contribution in [0.4, 0.5) is 0 Å². The largest absolute Gasteiger partial charge is 0.481 e. The van der Waals surface area contributed by atoms with E-state index in [1.54, 1.807) is 0 Å². The first kappa shape index (κ1) is 15.6. The highest BCUT2D eigenvalue weighted by Crippen LogP contribution is 2.17. The molecule has 1 aromatic rings. The Labute approximate surface area is 117 Å². The van der Waals surface area contributed by atoms with E-state index in [0.29, 0.717) is 18.1 Å². The van der Waals surface area contributed by atoms with Crippen LogP contribution in [0.15, 0.2) is 24.3 Å². The van der Waals surface area contributed by atoms with Crippen LogP contribution in [-0.4, -0.2) is 29.3 Å². The minimum absolute atomic E-state index is 0.0266. The van der Waals surface area contributed by atoms with Gasteiger partial charge in [0, 0.05) is 12.3 Å². The minimum Gasteiger partial charge on any atom is -0.481 e. The van der Waals surface area contributed by atoms with E-state index in [9.17, 15) is 9.59 Å². The molecule has 0 saturated heterocycles. The summed E-state index contributed by atoms with van der Waals surface area (Å²) in [6.45, 7) is 2.71. The summed E-state index contributed by atoms with van der Waals surface area (Å²) in [6.07, 6.45) is 0.955. The average molecular weight is 281 g/mol. The first-order valence-electron chi connectivity index (χ1n) is 6.26. The van der Waals surface area contributed by atoms with Crippen LogP contribution in [0, 0.1) is 0 Å². The van der Waals surface area contributed by atoms with Crippen LogP contribution in [0.25, 0.3) is 0 Å². The third kappa shape index (κ3) is 6.29. The highest BCUT2D eigenvalue weighted by atomic mass is 32.2. The summed E-state index contributed by atoms with van der Waals surface area (Å²) in [5.74, 6) is 0.255. The molecule has 0 unspecified atom stereocenters. The highest BCUT2D eigenvalue weighted by molar-refractivity contribution is 7.99. The van der Waals surface area contributed by atoms with Gasteiger partial charge in [-0.1, -0.05) is 31.2 Å². The lowest BCUT2D eigenvalue weighted by Crippen LogP contribution is -2.25. The number of nitrogens with one attached hydrogen (secondary N) is 1. The fourth-order valence-corrected chi connectivity index (χ4v) is 2.49. The molecule has 0 bridgehead atoms. The molecule has 0 heterocycles. The van der Waals surface area contributed by atoms with Crippen molar-refractivity contribution in [2.24, 2.45) is 0 Å². The molecular formula is C14H19NO3S. The van der Waals surface area contributed by atoms with E-state index in [1.165, 1.54) is 11.8 Å². The van der Waals surface area contributed by atoms with Gasteiger partial charge in [0.25, 0.3) is 0 Å². The number of carboxylic acid groups (broad SMARTS) is 1. The van der Waals surface area contributed by atoms with Crippen molar-refractivity contribution in [3.63, 3.8) is 0 Å². The number of thioether (sulfide) groups is 1. The van der Waals surface area contributed by atoms with Crippen LogP contribution in [0.5, 0.6) is 0 Å². The van der Waals surface area contributed by atoms with E-state index in [0.717, 1.165) is 17.5 Å². The molecule has 1 aromatic carbocycles. The summed E-state index contributed by atoms with van der Waals surface area (Å²) in [6, 6.07) is 7.45. The molecule has 0 radical (unpaired) electrons. The molecule has 0 aliphatic heterocycles. The first-order valence-corrected chi connectivity index (χ1v) is 7.42. The van der Waals surface area contributed by atoms with Crippen molar-refractivity contribution >= 4 is 23.6 Å². The van der Waals surface area contributed by atoms with Gasteiger partial charge in [-0.25, -0.2) is 0 Å². The zero-order valence-electron chi connectivity index (χ0n) is 11.0. The van der Waals surface area contributed by atoms with Gasteiger partial charge in [0.15, 0.2) is 0 Å². The van der Waals surface area contributed by atoms with Crippen molar-refractivity contribution in [3.05, 3.63) is 35.4 Å². The molecule has 2 N–H and O–H groups in total. The van der Waals surface area contributed by atoms with E-state index in [2.05, 4.69) is 5.32 Å². The number of hydrogen-bond donors (Lipinski definition) is 2. The second kappa shape index (κ2) is 8.58. The zero-order chi connectivity index (χ0) is 14.1. The maximum atomic E-state index is 11.4. The van der Waals surface area contributed by atoms with Crippen LogP contribution in [0.2, 0.25) is 0 Å². The van der Waals surface area contributed by atoms with E-state index in [-0.39, 0.29) is 12.3 Å². The van der Waals surface area contributed by atoms with Gasteiger partial charge in [-0.3, -0.25) is 9.59 Å². The summed E-state index contributed by atoms with van der Waals surface area (Å²) in [5.41, 5.74) is 1.80. The number of carbonyl (C=O) groups is 2. The van der Waals surface area contributed by atoms with Gasteiger partial charge in [0.1, 0.15) is 0 Å². The predicted molar refractivity (Wildman–Crippen MR) is 77.2 cm³/mol. The molecule has 19 heavy (non-hydrogen) atoms. The summed E-state index contributed by atoms with van der Waals surface area (Å²) < 4.78 is 0. The van der Waals surface area contributed by atoms with Crippen molar-refractivity contribution in [1.29, 1.82) is 0 Å². The number of benzene rings is 1. The van der Waals surface area contributed by atoms with Crippen LogP contribution in [-0.2, 0) is 21.8 Å². The van der Waals surface area contributed by atoms with Gasteiger partial charge < -0.3 is 10.4 Å². The van der Waals surface area contributed by atoms with Crippen LogP contribution >= 0.6 is 11.8 Å². The Balaban J connectivity index is 2.44. The Bertz CT molecular complexity index is 434. The van der Waals surface area contributed by atoms with Gasteiger partial charge in [-0.05, 0) is 17.5 Å². The summed E-state index contributed by atoms with van der Waals surface area (Å²) in [7, 11) is 0. The van der Waals surface area contributed by atoms with Gasteiger partial charge in [-0.15, -0.1) is 11.8 Å². The van der Waals surface area contributed by atoms with Crippen LogP contribution in [0.1, 0.15) is 24.5 Å². The van der Waals surface area contributed by atoms with Crippen LogP contribution < -0.4 is 5.32 Å². The summed E-state index contributed by atoms with van der Waals surface area (Å²) >= 11 is 1.50. The lowest BCUT2D eigenvalue weighted by atomic mass is 10.1. The predicted octanol–water partition coefficient (Wildman–Crippen LogP) is 2.07. The normalized spacial score (nSPS) is 10.2. The average Bonchev–Trinajstić information content (AvgIpc) is 2.38. The molecular weight excluding hydrogens is 262 g/mol. The Kier molecular flexibility index (Phi) is 7.03. The summed E-state index contributed by atoms with van der Waals surface area (Å²) in [4.78, 5) is 22.2. The van der Waals surface area contributed by atoms with Gasteiger partial charge in [0.2, 0.25) is 5.91 Å². The second-order valence-corrected chi connectivity index (χ2v) is 5.17. The van der Waals surface area contributed by atoms with Crippen molar-refractivity contribution in [3.8, 4) is 0 Å². The summed E-state index contributed by atoms with van der Waals surface area (Å²) in [5, 5.41) is 11.6. The molecule has 0 aliphatic carbocycles. The third-order valence-corrected chi connectivity index (χ3v) is 3.50. The number of carbonyl (C=O) groups excluding carboxylic acids is 1. The van der Waals surface area contributed by atoms with Crippen molar-refractivity contribution in [2.45, 2.75) is 25.5 Å². The molecule has 1 amide bonds. The first-order chi connectivity index (χ1) is 9.13. The third-order valence-electron chi connectivity index (χ3n) is 2.52. The molecule has 0 atom stereocenters. The molecule has 5 heteroatoms. The van der Waals surface area contributed by atoms with Crippen molar-refractivity contribution in [1.82, 2.24) is 5.32 Å². The Morgan fingerprint density at radius 3 is 2.58 bits per heavy atom. The topological polar surface area (TPSA) is 66.4 Å². The number of rotatable bonds is 8. The lowest BCUT2D eigenvalue weighted by Gasteiger charge is -2.07. The molecule has 0 spiro atoms. The van der Waals surface area contributed by atoms with Gasteiger partial charge in [-0.2, -0.15) is 0 Å². The standard InChI is InChI=1S/C14H19NO3S/c1-2-7-15-13(16)10-19-9-12-6-4-3-5-11(12)8-14(17)18/h3-6H,2,7-10H2,1H3,(H,15,16)(H,17,18). The van der Waals surface area contributed by atoms with Crippen molar-refractivity contribution in [2.75, 3.05) is 12.3 Å². The fraction of sp³-hybridized carbons (Fsp3) is 0.429. The molecule has 0 aromatic heterocycles. The molecule has 0 fully saturated rings. The van der Waals surface area contributed by atoms with Crippen molar-refractivity contribution < 1.29 is 14.7 Å². The number of carboxylic acids is 1. The molecule has 1 rings (SSSR count). The SMILES string of the molecule is CCCNC(=O)CSCc1ccccc1CC(=O)O. The number of hydrogen-bond acceptors (Lipinski definition) is 3. The van der Waals surface area contributed by atoms with Crippen LogP contribution in [0.3, 0.4) is 0 Å². The van der Waals surface area contributed by atoms with Gasteiger partial charge >= 0.3 is 5.97 Å². The van der Waals surface area contributed by atoms with E-state index in [4.69, 9.17) is 5.11 Å². The molecule has 104 valence electrons. The Morgan fingerprint density at radius 2 is 1.95 bits per heavy atom. The molecule has 4 nitrogen and oxygen atoms in total. The monoisotopic (exact) mass is 281 g/mol. The fourth-order valence-electron chi connectivity index (χ4n) is 1.60. The second-order valence-electron chi connectivity index (χ2n) is 4.18. The van der Waals surface area contributed by atoms with E-state index in [1.807, 2.05) is 31.2 Å².